The van der Waals surface area contributed by atoms with Crippen LogP contribution in [0.2, 0.25) is 0 Å². The lowest BCUT2D eigenvalue weighted by Crippen LogP contribution is -2.49. The largest absolute Gasteiger partial charge is 0.450 e. The molecule has 1 aliphatic rings. The number of anilines is 1. The van der Waals surface area contributed by atoms with Crippen molar-refractivity contribution >= 4 is 29.0 Å². The molecule has 0 radical (unpaired) electrons. The molecule has 1 aliphatic heterocycles. The molecule has 2 aromatic carbocycles. The van der Waals surface area contributed by atoms with Crippen molar-refractivity contribution in [3.05, 3.63) is 93.4 Å². The quantitative estimate of drug-likeness (QED) is 0.354. The first-order chi connectivity index (χ1) is 20.5. The van der Waals surface area contributed by atoms with Gasteiger partial charge in [0.15, 0.2) is 5.65 Å². The molecule has 5 rings (SSSR count). The van der Waals surface area contributed by atoms with Gasteiger partial charge in [-0.2, -0.15) is 18.2 Å². The molecule has 13 heteroatoms. The number of piperazine rings is 1. The molecule has 4 aromatic rings. The zero-order chi connectivity index (χ0) is 30.7. The first-order valence-electron chi connectivity index (χ1n) is 13.7. The third-order valence-corrected chi connectivity index (χ3v) is 7.14. The number of hydrogen-bond donors (Lipinski definition) is 1. The summed E-state index contributed by atoms with van der Waals surface area (Å²) in [5.41, 5.74) is 1.34. The number of pyridine rings is 1. The molecule has 43 heavy (non-hydrogen) atoms. The Labute approximate surface area is 244 Å². The maximum Gasteiger partial charge on any atom is 0.416 e. The number of rotatable bonds is 6. The minimum absolute atomic E-state index is 0.0501. The summed E-state index contributed by atoms with van der Waals surface area (Å²) < 4.78 is 44.9. The summed E-state index contributed by atoms with van der Waals surface area (Å²) in [5, 5.41) is 3.38. The summed E-state index contributed by atoms with van der Waals surface area (Å²) in [4.78, 5) is 50.8. The highest BCUT2D eigenvalue weighted by molar-refractivity contribution is 5.94. The first kappa shape index (κ1) is 29.5. The first-order valence-corrected chi connectivity index (χ1v) is 13.7. The lowest BCUT2D eigenvalue weighted by molar-refractivity contribution is -0.137. The highest BCUT2D eigenvalue weighted by atomic mass is 19.4. The zero-order valence-corrected chi connectivity index (χ0v) is 23.5. The Morgan fingerprint density at radius 3 is 2.23 bits per heavy atom. The summed E-state index contributed by atoms with van der Waals surface area (Å²) in [6, 6.07) is 14.1. The number of nitrogens with one attached hydrogen (secondary N) is 1. The van der Waals surface area contributed by atoms with Crippen molar-refractivity contribution in [2.24, 2.45) is 0 Å². The lowest BCUT2D eigenvalue weighted by Gasteiger charge is -2.34. The van der Waals surface area contributed by atoms with Crippen LogP contribution in [-0.2, 0) is 17.5 Å². The van der Waals surface area contributed by atoms with E-state index in [-0.39, 0.29) is 18.2 Å². The van der Waals surface area contributed by atoms with Gasteiger partial charge >= 0.3 is 12.3 Å². The summed E-state index contributed by atoms with van der Waals surface area (Å²) in [6.45, 7) is 5.84. The molecule has 1 saturated heterocycles. The number of aryl methyl sites for hydroxylation is 1. The van der Waals surface area contributed by atoms with E-state index in [4.69, 9.17) is 9.72 Å². The predicted octanol–water partition coefficient (Wildman–Crippen LogP) is 4.32. The molecule has 0 aliphatic carbocycles. The van der Waals surface area contributed by atoms with Crippen LogP contribution in [0.5, 0.6) is 0 Å². The fraction of sp³-hybridized carbons (Fsp3) is 0.300. The van der Waals surface area contributed by atoms with Crippen molar-refractivity contribution in [2.75, 3.05) is 37.7 Å². The number of hydrogen-bond acceptors (Lipinski definition) is 7. The van der Waals surface area contributed by atoms with Crippen molar-refractivity contribution in [3.8, 4) is 5.69 Å². The van der Waals surface area contributed by atoms with E-state index in [1.54, 1.807) is 42.2 Å². The van der Waals surface area contributed by atoms with E-state index in [0.29, 0.717) is 72.3 Å². The van der Waals surface area contributed by atoms with Crippen LogP contribution in [0.15, 0.2) is 65.5 Å². The minimum atomic E-state index is -4.43. The molecule has 3 heterocycles. The molecule has 1 N–H and O–H groups in total. The minimum Gasteiger partial charge on any atom is -0.450 e. The van der Waals surface area contributed by atoms with E-state index >= 15 is 0 Å². The molecule has 0 atom stereocenters. The van der Waals surface area contributed by atoms with Gasteiger partial charge in [0.05, 0.1) is 23.6 Å². The molecular weight excluding hydrogens is 565 g/mol. The van der Waals surface area contributed by atoms with Gasteiger partial charge in [0, 0.05) is 49.7 Å². The van der Waals surface area contributed by atoms with E-state index in [9.17, 15) is 27.6 Å². The van der Waals surface area contributed by atoms with E-state index in [2.05, 4.69) is 10.3 Å². The predicted molar refractivity (Wildman–Crippen MR) is 153 cm³/mol. The van der Waals surface area contributed by atoms with Crippen molar-refractivity contribution < 1.29 is 27.5 Å². The Bertz CT molecular complexity index is 1700. The van der Waals surface area contributed by atoms with Crippen LogP contribution >= 0.6 is 0 Å². The normalized spacial score (nSPS) is 13.7. The van der Waals surface area contributed by atoms with Gasteiger partial charge in [-0.25, -0.2) is 9.78 Å². The molecule has 0 saturated carbocycles. The summed E-state index contributed by atoms with van der Waals surface area (Å²) in [6.07, 6.45) is -4.79. The van der Waals surface area contributed by atoms with Crippen LogP contribution in [0.4, 0.5) is 23.9 Å². The number of nitrogens with zero attached hydrogens (tertiary/aromatic N) is 5. The van der Waals surface area contributed by atoms with E-state index in [1.165, 1.54) is 22.8 Å². The second-order valence-corrected chi connectivity index (χ2v) is 9.95. The molecule has 0 unspecified atom stereocenters. The zero-order valence-electron chi connectivity index (χ0n) is 23.5. The molecule has 0 bridgehead atoms. The second-order valence-electron chi connectivity index (χ2n) is 9.95. The van der Waals surface area contributed by atoms with E-state index in [1.807, 2.05) is 11.8 Å². The van der Waals surface area contributed by atoms with Crippen molar-refractivity contribution in [1.29, 1.82) is 0 Å². The van der Waals surface area contributed by atoms with Gasteiger partial charge < -0.3 is 19.9 Å². The third-order valence-electron chi connectivity index (χ3n) is 7.14. The molecular formula is C30H29F3N6O4. The number of fused-ring (bicyclic) bond motifs is 1. The number of aromatic nitrogens is 3. The molecule has 2 aromatic heterocycles. The Morgan fingerprint density at radius 1 is 0.930 bits per heavy atom. The monoisotopic (exact) mass is 594 g/mol. The second kappa shape index (κ2) is 12.1. The smallest absolute Gasteiger partial charge is 0.416 e. The summed E-state index contributed by atoms with van der Waals surface area (Å²) in [7, 11) is 0. The molecule has 10 nitrogen and oxygen atoms in total. The average Bonchev–Trinajstić information content (AvgIpc) is 3.00. The van der Waals surface area contributed by atoms with E-state index < -0.39 is 17.6 Å². The van der Waals surface area contributed by atoms with Gasteiger partial charge in [-0.15, -0.1) is 0 Å². The number of carbonyl (C=O) groups is 2. The van der Waals surface area contributed by atoms with Gasteiger partial charge in [-0.1, -0.05) is 12.1 Å². The molecule has 2 amide bonds. The maximum absolute atomic E-state index is 13.1. The van der Waals surface area contributed by atoms with Crippen LogP contribution in [0.1, 0.15) is 34.1 Å². The van der Waals surface area contributed by atoms with Gasteiger partial charge in [-0.3, -0.25) is 14.2 Å². The Kier molecular flexibility index (Phi) is 8.33. The summed E-state index contributed by atoms with van der Waals surface area (Å²) in [5.74, 6) is 0.0197. The van der Waals surface area contributed by atoms with Gasteiger partial charge in [-0.05, 0) is 61.9 Å². The van der Waals surface area contributed by atoms with Gasteiger partial charge in [0.1, 0.15) is 0 Å². The molecule has 224 valence electrons. The van der Waals surface area contributed by atoms with Gasteiger partial charge in [0.2, 0.25) is 5.95 Å². The number of carbonyl (C=O) groups excluding carboxylic acids is 2. The maximum atomic E-state index is 13.1. The van der Waals surface area contributed by atoms with Crippen molar-refractivity contribution in [2.45, 2.75) is 26.6 Å². The van der Waals surface area contributed by atoms with Crippen LogP contribution in [0.25, 0.3) is 16.7 Å². The fourth-order valence-electron chi connectivity index (χ4n) is 4.80. The fourth-order valence-corrected chi connectivity index (χ4v) is 4.80. The number of ether oxygens (including phenoxy) is 1. The number of alkyl halides is 3. The topological polar surface area (TPSA) is 110 Å². The number of amides is 2. The standard InChI is InChI=1S/C30H29F3N6O4/c1-3-43-29(42)38-16-14-37(15-17-38)28-35-19(2)24-12-13-25(40)39(26(24)36-28)23-10-6-21(7-11-23)27(41)34-18-20-4-8-22(9-5-20)30(31,32)33/h4-13H,3,14-18H2,1-2H3,(H,34,41). The highest BCUT2D eigenvalue weighted by Crippen LogP contribution is 2.29. The van der Waals surface area contributed by atoms with Crippen molar-refractivity contribution in [1.82, 2.24) is 24.8 Å². The van der Waals surface area contributed by atoms with Crippen LogP contribution < -0.4 is 15.8 Å². The molecule has 0 spiro atoms. The van der Waals surface area contributed by atoms with Crippen molar-refractivity contribution in [3.63, 3.8) is 0 Å². The summed E-state index contributed by atoms with van der Waals surface area (Å²) >= 11 is 0. The lowest BCUT2D eigenvalue weighted by atomic mass is 10.1. The van der Waals surface area contributed by atoms with Crippen LogP contribution in [0, 0.1) is 6.92 Å². The Hall–Kier alpha value is -4.94. The van der Waals surface area contributed by atoms with Crippen LogP contribution in [-0.4, -0.2) is 64.2 Å². The Balaban J connectivity index is 1.34. The molecule has 1 fully saturated rings. The highest BCUT2D eigenvalue weighted by Gasteiger charge is 2.30. The van der Waals surface area contributed by atoms with Crippen LogP contribution in [0.3, 0.4) is 0 Å². The Morgan fingerprint density at radius 2 is 1.60 bits per heavy atom. The third kappa shape index (κ3) is 6.45. The SMILES string of the molecule is CCOC(=O)N1CCN(c2nc(C)c3ccc(=O)n(-c4ccc(C(=O)NCc5ccc(C(F)(F)F)cc5)cc4)c3n2)CC1. The number of halogens is 3. The van der Waals surface area contributed by atoms with E-state index in [0.717, 1.165) is 12.1 Å². The average molecular weight is 595 g/mol. The van der Waals surface area contributed by atoms with Gasteiger partial charge in [0.25, 0.3) is 11.5 Å². The number of benzene rings is 2.